The number of benzene rings is 1. The monoisotopic (exact) mass is 403 g/mol. The highest BCUT2D eigenvalue weighted by molar-refractivity contribution is 7.09. The second kappa shape index (κ2) is 9.27. The van der Waals surface area contributed by atoms with E-state index in [0.29, 0.717) is 13.1 Å². The number of nitro benzene ring substituents is 1. The molecule has 0 aliphatic carbocycles. The van der Waals surface area contributed by atoms with Gasteiger partial charge in [-0.15, -0.1) is 11.3 Å². The first-order valence-electron chi connectivity index (χ1n) is 9.34. The Morgan fingerprint density at radius 3 is 2.82 bits per heavy atom. The largest absolute Gasteiger partial charge is 0.377 e. The fourth-order valence-corrected chi connectivity index (χ4v) is 4.08. The van der Waals surface area contributed by atoms with Crippen LogP contribution >= 0.6 is 11.3 Å². The number of anilines is 1. The van der Waals surface area contributed by atoms with E-state index >= 15 is 0 Å². The lowest BCUT2D eigenvalue weighted by atomic mass is 10.1. The van der Waals surface area contributed by atoms with Crippen molar-refractivity contribution in [2.24, 2.45) is 0 Å². The van der Waals surface area contributed by atoms with Crippen molar-refractivity contribution < 1.29 is 14.5 Å². The molecule has 2 heterocycles. The van der Waals surface area contributed by atoms with Gasteiger partial charge in [0, 0.05) is 30.6 Å². The Bertz CT molecular complexity index is 832. The van der Waals surface area contributed by atoms with Gasteiger partial charge in [0.15, 0.2) is 0 Å². The lowest BCUT2D eigenvalue weighted by molar-refractivity contribution is -0.384. The van der Waals surface area contributed by atoms with Crippen LogP contribution in [0, 0.1) is 24.0 Å². The van der Waals surface area contributed by atoms with Crippen molar-refractivity contribution in [2.45, 2.75) is 39.3 Å². The second-order valence-electron chi connectivity index (χ2n) is 7.14. The van der Waals surface area contributed by atoms with Crippen LogP contribution in [0.15, 0.2) is 29.6 Å². The van der Waals surface area contributed by atoms with Crippen molar-refractivity contribution in [1.29, 1.82) is 0 Å². The van der Waals surface area contributed by atoms with E-state index in [9.17, 15) is 14.9 Å². The maximum absolute atomic E-state index is 12.7. The van der Waals surface area contributed by atoms with Gasteiger partial charge in [-0.1, -0.05) is 6.07 Å². The van der Waals surface area contributed by atoms with E-state index in [0.717, 1.165) is 30.6 Å². The summed E-state index contributed by atoms with van der Waals surface area (Å²) in [7, 11) is 0. The van der Waals surface area contributed by atoms with Gasteiger partial charge in [-0.3, -0.25) is 19.8 Å². The summed E-state index contributed by atoms with van der Waals surface area (Å²) in [5.74, 6) is -0.263. The van der Waals surface area contributed by atoms with E-state index in [1.807, 2.05) is 36.3 Å². The lowest BCUT2D eigenvalue weighted by Crippen LogP contribution is -2.37. The maximum atomic E-state index is 12.7. The van der Waals surface area contributed by atoms with Crippen LogP contribution in [0.25, 0.3) is 0 Å². The summed E-state index contributed by atoms with van der Waals surface area (Å²) in [6, 6.07) is 7.19. The Hall–Kier alpha value is -2.29. The van der Waals surface area contributed by atoms with Crippen molar-refractivity contribution in [2.75, 3.05) is 25.0 Å². The van der Waals surface area contributed by atoms with Crippen molar-refractivity contribution in [1.82, 2.24) is 4.90 Å². The van der Waals surface area contributed by atoms with E-state index in [4.69, 9.17) is 4.74 Å². The summed E-state index contributed by atoms with van der Waals surface area (Å²) in [6.45, 7) is 5.92. The Labute approximate surface area is 168 Å². The van der Waals surface area contributed by atoms with Gasteiger partial charge >= 0.3 is 0 Å². The molecule has 0 saturated carbocycles. The van der Waals surface area contributed by atoms with E-state index in [1.54, 1.807) is 17.4 Å². The zero-order valence-corrected chi connectivity index (χ0v) is 17.0. The smallest absolute Gasteiger partial charge is 0.293 e. The summed E-state index contributed by atoms with van der Waals surface area (Å²) in [5.41, 5.74) is 1.88. The van der Waals surface area contributed by atoms with E-state index in [-0.39, 0.29) is 29.9 Å². The van der Waals surface area contributed by atoms with Crippen LogP contribution in [0.4, 0.5) is 11.4 Å². The van der Waals surface area contributed by atoms with Gasteiger partial charge in [0.2, 0.25) is 5.91 Å². The second-order valence-corrected chi connectivity index (χ2v) is 8.18. The highest BCUT2D eigenvalue weighted by Crippen LogP contribution is 2.28. The van der Waals surface area contributed by atoms with Crippen LogP contribution in [-0.2, 0) is 16.1 Å². The third kappa shape index (κ3) is 5.37. The van der Waals surface area contributed by atoms with Gasteiger partial charge in [0.05, 0.1) is 17.6 Å². The summed E-state index contributed by atoms with van der Waals surface area (Å²) >= 11 is 1.65. The minimum atomic E-state index is -0.460. The highest BCUT2D eigenvalue weighted by Gasteiger charge is 2.23. The first-order valence-corrected chi connectivity index (χ1v) is 10.2. The predicted molar refractivity (Wildman–Crippen MR) is 110 cm³/mol. The minimum absolute atomic E-state index is 0.0830. The first kappa shape index (κ1) is 20.4. The molecule has 0 spiro atoms. The average Bonchev–Trinajstić information content (AvgIpc) is 3.31. The Kier molecular flexibility index (Phi) is 6.77. The molecule has 150 valence electrons. The lowest BCUT2D eigenvalue weighted by Gasteiger charge is -2.24. The molecule has 3 rings (SSSR count). The fourth-order valence-electron chi connectivity index (χ4n) is 3.33. The molecule has 0 radical (unpaired) electrons. The van der Waals surface area contributed by atoms with Crippen LogP contribution in [-0.4, -0.2) is 41.5 Å². The molecule has 8 heteroatoms. The summed E-state index contributed by atoms with van der Waals surface area (Å²) in [5, 5.41) is 16.1. The topological polar surface area (TPSA) is 84.7 Å². The van der Waals surface area contributed by atoms with E-state index in [2.05, 4.69) is 5.32 Å². The quantitative estimate of drug-likeness (QED) is 0.534. The van der Waals surface area contributed by atoms with Crippen LogP contribution in [0.1, 0.15) is 28.8 Å². The number of rotatable bonds is 8. The number of carbonyl (C=O) groups excluding carboxylic acids is 1. The minimum Gasteiger partial charge on any atom is -0.377 e. The number of aryl methyl sites for hydroxylation is 2. The van der Waals surface area contributed by atoms with Crippen molar-refractivity contribution >= 4 is 28.6 Å². The molecule has 1 aromatic heterocycles. The average molecular weight is 404 g/mol. The van der Waals surface area contributed by atoms with Crippen molar-refractivity contribution in [3.05, 3.63) is 55.8 Å². The van der Waals surface area contributed by atoms with Crippen LogP contribution < -0.4 is 5.32 Å². The molecule has 1 aliphatic rings. The molecule has 1 amide bonds. The van der Waals surface area contributed by atoms with Gasteiger partial charge in [-0.2, -0.15) is 0 Å². The van der Waals surface area contributed by atoms with Gasteiger partial charge in [0.25, 0.3) is 5.69 Å². The molecule has 1 saturated heterocycles. The third-order valence-corrected chi connectivity index (χ3v) is 5.76. The number of ether oxygens (including phenoxy) is 1. The SMILES string of the molecule is Cc1cc(NC(=O)CN(Cc2cccs2)C[C@H]2CCCO2)c([N+](=O)[O-])cc1C. The number of carbonyl (C=O) groups is 1. The van der Waals surface area contributed by atoms with Crippen LogP contribution in [0.3, 0.4) is 0 Å². The predicted octanol–water partition coefficient (Wildman–Crippen LogP) is 3.89. The number of hydrogen-bond acceptors (Lipinski definition) is 6. The molecular formula is C20H25N3O4S. The highest BCUT2D eigenvalue weighted by atomic mass is 32.1. The van der Waals surface area contributed by atoms with Crippen LogP contribution in [0.5, 0.6) is 0 Å². The molecule has 2 aromatic rings. The molecule has 1 aliphatic heterocycles. The summed E-state index contributed by atoms with van der Waals surface area (Å²) in [4.78, 5) is 26.8. The molecular weight excluding hydrogens is 378 g/mol. The van der Waals surface area contributed by atoms with Gasteiger partial charge in [0.1, 0.15) is 5.69 Å². The Morgan fingerprint density at radius 2 is 2.18 bits per heavy atom. The summed E-state index contributed by atoms with van der Waals surface area (Å²) in [6.07, 6.45) is 2.16. The fraction of sp³-hybridized carbons (Fsp3) is 0.450. The number of amides is 1. The Morgan fingerprint density at radius 1 is 1.39 bits per heavy atom. The number of hydrogen-bond donors (Lipinski definition) is 1. The standard InChI is InChI=1S/C20H25N3O4S/c1-14-9-18(19(23(25)26)10-15(14)2)21-20(24)13-22(11-16-5-3-7-27-16)12-17-6-4-8-28-17/h4,6,8-10,16H,3,5,7,11-13H2,1-2H3,(H,21,24)/t16-/m1/s1. The third-order valence-electron chi connectivity index (χ3n) is 4.90. The van der Waals surface area contributed by atoms with Crippen LogP contribution in [0.2, 0.25) is 0 Å². The molecule has 1 atom stereocenters. The molecule has 1 N–H and O–H groups in total. The van der Waals surface area contributed by atoms with Gasteiger partial charge in [-0.05, 0) is 55.3 Å². The van der Waals surface area contributed by atoms with Crippen molar-refractivity contribution in [3.8, 4) is 0 Å². The number of nitro groups is 1. The van der Waals surface area contributed by atoms with E-state index in [1.165, 1.54) is 10.9 Å². The molecule has 1 fully saturated rings. The maximum Gasteiger partial charge on any atom is 0.293 e. The molecule has 0 bridgehead atoms. The number of nitrogens with one attached hydrogen (secondary N) is 1. The van der Waals surface area contributed by atoms with Gasteiger partial charge < -0.3 is 10.1 Å². The molecule has 0 unspecified atom stereocenters. The molecule has 1 aromatic carbocycles. The normalized spacial score (nSPS) is 16.5. The zero-order valence-electron chi connectivity index (χ0n) is 16.1. The Balaban J connectivity index is 1.70. The summed E-state index contributed by atoms with van der Waals surface area (Å²) < 4.78 is 5.72. The number of thiophene rings is 1. The number of nitrogens with zero attached hydrogens (tertiary/aromatic N) is 2. The molecule has 7 nitrogen and oxygen atoms in total. The molecule has 28 heavy (non-hydrogen) atoms. The zero-order chi connectivity index (χ0) is 20.1. The van der Waals surface area contributed by atoms with Gasteiger partial charge in [-0.25, -0.2) is 0 Å². The van der Waals surface area contributed by atoms with Crippen molar-refractivity contribution in [3.63, 3.8) is 0 Å². The first-order chi connectivity index (χ1) is 13.4. The van der Waals surface area contributed by atoms with E-state index < -0.39 is 4.92 Å².